The maximum absolute atomic E-state index is 12.3. The molecule has 0 radical (unpaired) electrons. The molecule has 3 atom stereocenters. The van der Waals surface area contributed by atoms with Crippen molar-refractivity contribution in [3.05, 3.63) is 0 Å². The molecular formula is C19H33NO7. The van der Waals surface area contributed by atoms with Gasteiger partial charge in [0.15, 0.2) is 0 Å². The lowest BCUT2D eigenvalue weighted by Gasteiger charge is -2.23. The van der Waals surface area contributed by atoms with E-state index in [1.165, 1.54) is 0 Å². The Balaban J connectivity index is 1.34. The van der Waals surface area contributed by atoms with Gasteiger partial charge >= 0.3 is 5.97 Å². The number of fused-ring (bicyclic) bond motifs is 2. The zero-order chi connectivity index (χ0) is 18.7. The Morgan fingerprint density at radius 1 is 0.852 bits per heavy atom. The summed E-state index contributed by atoms with van der Waals surface area (Å²) in [5.74, 6) is -0.180. The first-order chi connectivity index (χ1) is 13.3. The maximum atomic E-state index is 12.3. The molecule has 0 N–H and O–H groups in total. The van der Waals surface area contributed by atoms with Crippen LogP contribution in [0.15, 0.2) is 0 Å². The van der Waals surface area contributed by atoms with Gasteiger partial charge in [0.2, 0.25) is 0 Å². The highest BCUT2D eigenvalue weighted by Crippen LogP contribution is 2.39. The van der Waals surface area contributed by atoms with Crippen LogP contribution in [0.2, 0.25) is 0 Å². The van der Waals surface area contributed by atoms with Crippen LogP contribution in [0.5, 0.6) is 0 Å². The third kappa shape index (κ3) is 7.29. The number of esters is 1. The Labute approximate surface area is 161 Å². The molecule has 8 heteroatoms. The zero-order valence-electron chi connectivity index (χ0n) is 16.1. The van der Waals surface area contributed by atoms with Crippen molar-refractivity contribution in [1.29, 1.82) is 0 Å². The van der Waals surface area contributed by atoms with Crippen molar-refractivity contribution in [1.82, 2.24) is 4.90 Å². The summed E-state index contributed by atoms with van der Waals surface area (Å²) < 4.78 is 33.3. The topological polar surface area (TPSA) is 75.7 Å². The minimum absolute atomic E-state index is 0.0710. The van der Waals surface area contributed by atoms with Crippen molar-refractivity contribution in [3.8, 4) is 0 Å². The predicted octanol–water partition coefficient (Wildman–Crippen LogP) is 0.479. The number of nitrogens with zero attached hydrogens (tertiary/aromatic N) is 1. The Bertz CT molecular complexity index is 420. The van der Waals surface area contributed by atoms with Crippen molar-refractivity contribution < 1.29 is 33.2 Å². The van der Waals surface area contributed by atoms with Crippen molar-refractivity contribution >= 4 is 5.97 Å². The molecule has 3 aliphatic heterocycles. The quantitative estimate of drug-likeness (QED) is 0.645. The molecule has 156 valence electrons. The Morgan fingerprint density at radius 3 is 1.96 bits per heavy atom. The van der Waals surface area contributed by atoms with Crippen LogP contribution in [0.4, 0.5) is 0 Å². The molecule has 0 spiro atoms. The van der Waals surface area contributed by atoms with Crippen molar-refractivity contribution in [2.24, 2.45) is 5.92 Å². The summed E-state index contributed by atoms with van der Waals surface area (Å²) in [5, 5.41) is 0. The van der Waals surface area contributed by atoms with E-state index < -0.39 is 0 Å². The molecule has 3 fully saturated rings. The molecule has 3 saturated heterocycles. The number of rotatable bonds is 4. The molecule has 0 saturated carbocycles. The van der Waals surface area contributed by atoms with E-state index >= 15 is 0 Å². The standard InChI is InChI=1S/C19H33NO7/c21-19(17-15-16-1-2-18(17)27-16)26-8-5-20-3-6-22-9-11-24-13-14-25-12-10-23-7-4-20/h16-18H,1-15H2. The van der Waals surface area contributed by atoms with Gasteiger partial charge in [0, 0.05) is 19.6 Å². The van der Waals surface area contributed by atoms with Gasteiger partial charge in [0.25, 0.3) is 0 Å². The van der Waals surface area contributed by atoms with E-state index in [9.17, 15) is 4.79 Å². The van der Waals surface area contributed by atoms with E-state index in [2.05, 4.69) is 4.90 Å². The lowest BCUT2D eigenvalue weighted by Crippen LogP contribution is -2.36. The van der Waals surface area contributed by atoms with Gasteiger partial charge in [0.1, 0.15) is 6.61 Å². The summed E-state index contributed by atoms with van der Waals surface area (Å²) in [5.41, 5.74) is 0. The maximum Gasteiger partial charge on any atom is 0.311 e. The molecule has 3 rings (SSSR count). The molecule has 0 aliphatic carbocycles. The summed E-state index contributed by atoms with van der Waals surface area (Å²) in [4.78, 5) is 14.5. The van der Waals surface area contributed by atoms with Crippen molar-refractivity contribution in [2.45, 2.75) is 31.5 Å². The first-order valence-corrected chi connectivity index (χ1v) is 10.2. The Kier molecular flexibility index (Phi) is 9.26. The minimum atomic E-state index is -0.109. The monoisotopic (exact) mass is 387 g/mol. The number of hydrogen-bond donors (Lipinski definition) is 0. The van der Waals surface area contributed by atoms with E-state index in [1.54, 1.807) is 0 Å². The highest BCUT2D eigenvalue weighted by Gasteiger charge is 2.45. The molecule has 3 heterocycles. The second-order valence-corrected chi connectivity index (χ2v) is 7.17. The zero-order valence-corrected chi connectivity index (χ0v) is 16.1. The number of hydrogen-bond acceptors (Lipinski definition) is 8. The van der Waals surface area contributed by atoms with E-state index in [0.717, 1.165) is 32.4 Å². The Hall–Kier alpha value is -0.770. The van der Waals surface area contributed by atoms with Crippen LogP contribution in [0.3, 0.4) is 0 Å². The van der Waals surface area contributed by atoms with Gasteiger partial charge in [-0.3, -0.25) is 9.69 Å². The van der Waals surface area contributed by atoms with Gasteiger partial charge in [-0.1, -0.05) is 0 Å². The molecule has 0 aromatic rings. The van der Waals surface area contributed by atoms with E-state index in [0.29, 0.717) is 66.0 Å². The van der Waals surface area contributed by atoms with Crippen LogP contribution in [-0.4, -0.2) is 102 Å². The second-order valence-electron chi connectivity index (χ2n) is 7.17. The molecule has 2 bridgehead atoms. The minimum Gasteiger partial charge on any atom is -0.464 e. The van der Waals surface area contributed by atoms with E-state index in [-0.39, 0.29) is 24.1 Å². The molecule has 8 nitrogen and oxygen atoms in total. The molecule has 0 aromatic carbocycles. The van der Waals surface area contributed by atoms with Crippen LogP contribution < -0.4 is 0 Å². The summed E-state index contributed by atoms with van der Waals surface area (Å²) in [6.45, 7) is 7.29. The van der Waals surface area contributed by atoms with E-state index in [4.69, 9.17) is 28.4 Å². The molecule has 3 aliphatic rings. The fraction of sp³-hybridized carbons (Fsp3) is 0.947. The first-order valence-electron chi connectivity index (χ1n) is 10.2. The third-order valence-electron chi connectivity index (χ3n) is 5.28. The first kappa shape index (κ1) is 21.0. The second kappa shape index (κ2) is 11.9. The third-order valence-corrected chi connectivity index (χ3v) is 5.28. The fourth-order valence-corrected chi connectivity index (χ4v) is 3.75. The van der Waals surface area contributed by atoms with Crippen molar-refractivity contribution in [3.63, 3.8) is 0 Å². The Morgan fingerprint density at radius 2 is 1.44 bits per heavy atom. The summed E-state index contributed by atoms with van der Waals surface area (Å²) in [6, 6.07) is 0. The molecule has 0 aromatic heterocycles. The average Bonchev–Trinajstić information content (AvgIpc) is 3.30. The predicted molar refractivity (Wildman–Crippen MR) is 96.7 cm³/mol. The number of ether oxygens (including phenoxy) is 6. The normalized spacial score (nSPS) is 31.9. The summed E-state index contributed by atoms with van der Waals surface area (Å²) in [6.07, 6.45) is 3.23. The van der Waals surface area contributed by atoms with Crippen LogP contribution in [0.1, 0.15) is 19.3 Å². The highest BCUT2D eigenvalue weighted by atomic mass is 16.6. The lowest BCUT2D eigenvalue weighted by atomic mass is 9.89. The van der Waals surface area contributed by atoms with Gasteiger partial charge in [0.05, 0.1) is 71.0 Å². The molecule has 3 unspecified atom stereocenters. The van der Waals surface area contributed by atoms with Crippen molar-refractivity contribution in [2.75, 3.05) is 79.1 Å². The van der Waals surface area contributed by atoms with Crippen LogP contribution in [-0.2, 0) is 33.2 Å². The van der Waals surface area contributed by atoms with Crippen LogP contribution in [0, 0.1) is 5.92 Å². The molecule has 0 amide bonds. The number of carbonyl (C=O) groups is 1. The van der Waals surface area contributed by atoms with Gasteiger partial charge in [-0.05, 0) is 19.3 Å². The molecular weight excluding hydrogens is 354 g/mol. The average molecular weight is 387 g/mol. The summed E-state index contributed by atoms with van der Waals surface area (Å²) >= 11 is 0. The SMILES string of the molecule is O=C(OCCN1CCOCCOCCOCCOCC1)C1CC2CCC1O2. The van der Waals surface area contributed by atoms with Gasteiger partial charge in [-0.25, -0.2) is 0 Å². The van der Waals surface area contributed by atoms with Crippen LogP contribution in [0.25, 0.3) is 0 Å². The lowest BCUT2D eigenvalue weighted by molar-refractivity contribution is -0.150. The molecule has 27 heavy (non-hydrogen) atoms. The smallest absolute Gasteiger partial charge is 0.311 e. The van der Waals surface area contributed by atoms with Gasteiger partial charge in [-0.15, -0.1) is 0 Å². The van der Waals surface area contributed by atoms with Gasteiger partial charge in [-0.2, -0.15) is 0 Å². The number of carbonyl (C=O) groups excluding carboxylic acids is 1. The van der Waals surface area contributed by atoms with E-state index in [1.807, 2.05) is 0 Å². The largest absolute Gasteiger partial charge is 0.464 e. The highest BCUT2D eigenvalue weighted by molar-refractivity contribution is 5.73. The van der Waals surface area contributed by atoms with Gasteiger partial charge < -0.3 is 28.4 Å². The van der Waals surface area contributed by atoms with Crippen LogP contribution >= 0.6 is 0 Å². The fourth-order valence-electron chi connectivity index (χ4n) is 3.75. The summed E-state index contributed by atoms with van der Waals surface area (Å²) in [7, 11) is 0.